The fourth-order valence-electron chi connectivity index (χ4n) is 3.40. The molecule has 1 rings (SSSR count). The van der Waals surface area contributed by atoms with Gasteiger partial charge in [-0.25, -0.2) is 9.78 Å². The van der Waals surface area contributed by atoms with Crippen molar-refractivity contribution in [2.75, 3.05) is 0 Å². The summed E-state index contributed by atoms with van der Waals surface area (Å²) in [5.74, 6) is -0.815. The van der Waals surface area contributed by atoms with E-state index in [0.29, 0.717) is 0 Å². The number of carboxylic acid groups (broad SMARTS) is 1. The number of unbranched alkanes of at least 4 members (excludes halogenated alkanes) is 12. The summed E-state index contributed by atoms with van der Waals surface area (Å²) >= 11 is 0. The van der Waals surface area contributed by atoms with Crippen molar-refractivity contribution in [3.8, 4) is 0 Å². The zero-order valence-electron chi connectivity index (χ0n) is 15.6. The second-order valence-corrected chi connectivity index (χ2v) is 7.30. The molecule has 1 aliphatic rings. The van der Waals surface area contributed by atoms with Crippen molar-refractivity contribution in [1.82, 2.24) is 0 Å². The second kappa shape index (κ2) is 14.7. The number of rotatable bonds is 16. The molecule has 0 saturated carbocycles. The highest BCUT2D eigenvalue weighted by Gasteiger charge is 2.28. The minimum absolute atomic E-state index is 0.0507. The van der Waals surface area contributed by atoms with Gasteiger partial charge in [0.15, 0.2) is 0 Å². The third kappa shape index (κ3) is 11.9. The van der Waals surface area contributed by atoms with Gasteiger partial charge in [0.05, 0.1) is 12.5 Å². The van der Waals surface area contributed by atoms with Gasteiger partial charge in [0.1, 0.15) is 6.10 Å². The van der Waals surface area contributed by atoms with Crippen molar-refractivity contribution in [3.63, 3.8) is 0 Å². The first-order valence-electron chi connectivity index (χ1n) is 10.3. The Labute approximate surface area is 148 Å². The van der Waals surface area contributed by atoms with E-state index in [0.717, 1.165) is 19.3 Å². The fourth-order valence-corrected chi connectivity index (χ4v) is 3.40. The zero-order valence-corrected chi connectivity index (χ0v) is 15.6. The molecule has 0 aromatic carbocycles. The van der Waals surface area contributed by atoms with E-state index < -0.39 is 5.97 Å². The molecule has 1 heterocycles. The molecule has 1 fully saturated rings. The summed E-state index contributed by atoms with van der Waals surface area (Å²) < 4.78 is 0. The van der Waals surface area contributed by atoms with Crippen molar-refractivity contribution in [2.45, 2.75) is 122 Å². The van der Waals surface area contributed by atoms with Crippen molar-refractivity contribution < 1.29 is 19.7 Å². The van der Waals surface area contributed by atoms with E-state index in [1.54, 1.807) is 0 Å². The fraction of sp³-hybridized carbons (Fsp3) is 0.950. The summed E-state index contributed by atoms with van der Waals surface area (Å²) in [6.45, 7) is 2.27. The van der Waals surface area contributed by atoms with E-state index in [-0.39, 0.29) is 18.6 Å². The zero-order chi connectivity index (χ0) is 17.5. The first kappa shape index (κ1) is 21.4. The highest BCUT2D eigenvalue weighted by Crippen LogP contribution is 2.24. The first-order valence-corrected chi connectivity index (χ1v) is 10.3. The Morgan fingerprint density at radius 2 is 1.25 bits per heavy atom. The topological polar surface area (TPSA) is 55.8 Å². The van der Waals surface area contributed by atoms with Crippen LogP contribution >= 0.6 is 0 Å². The minimum Gasteiger partial charge on any atom is -0.481 e. The van der Waals surface area contributed by atoms with Crippen LogP contribution in [0.4, 0.5) is 0 Å². The molecule has 0 spiro atoms. The Bertz CT molecular complexity index is 306. The Hall–Kier alpha value is -0.610. The monoisotopic (exact) mass is 342 g/mol. The van der Waals surface area contributed by atoms with E-state index in [2.05, 4.69) is 6.92 Å². The molecule has 0 aliphatic carbocycles. The van der Waals surface area contributed by atoms with Crippen molar-refractivity contribution >= 4 is 5.97 Å². The maximum Gasteiger partial charge on any atom is 0.306 e. The maximum absolute atomic E-state index is 10.6. The summed E-state index contributed by atoms with van der Waals surface area (Å²) in [6, 6.07) is 0. The van der Waals surface area contributed by atoms with Crippen LogP contribution in [0.25, 0.3) is 0 Å². The first-order chi connectivity index (χ1) is 11.7. The molecule has 0 aromatic heterocycles. The van der Waals surface area contributed by atoms with E-state index in [1.807, 2.05) is 0 Å². The van der Waals surface area contributed by atoms with Crippen LogP contribution in [-0.4, -0.2) is 23.3 Å². The molecule has 1 N–H and O–H groups in total. The largest absolute Gasteiger partial charge is 0.481 e. The van der Waals surface area contributed by atoms with Crippen molar-refractivity contribution in [2.24, 2.45) is 0 Å². The molecular weight excluding hydrogens is 304 g/mol. The molecular formula is C20H38O4. The molecule has 0 unspecified atom stereocenters. The van der Waals surface area contributed by atoms with Gasteiger partial charge in [-0.05, 0) is 6.42 Å². The van der Waals surface area contributed by atoms with Crippen LogP contribution in [0.1, 0.15) is 110 Å². The smallest absolute Gasteiger partial charge is 0.306 e. The van der Waals surface area contributed by atoms with E-state index in [9.17, 15) is 4.79 Å². The van der Waals surface area contributed by atoms with Crippen molar-refractivity contribution in [3.05, 3.63) is 0 Å². The quantitative estimate of drug-likeness (QED) is 0.275. The summed E-state index contributed by atoms with van der Waals surface area (Å²) in [7, 11) is 0. The molecule has 24 heavy (non-hydrogen) atoms. The molecule has 0 radical (unpaired) electrons. The Morgan fingerprint density at radius 1 is 0.792 bits per heavy atom. The molecule has 0 amide bonds. The van der Waals surface area contributed by atoms with Gasteiger partial charge >= 0.3 is 5.97 Å². The molecule has 4 heteroatoms. The van der Waals surface area contributed by atoms with Crippen LogP contribution < -0.4 is 0 Å². The lowest BCUT2D eigenvalue weighted by Gasteiger charge is -2.06. The van der Waals surface area contributed by atoms with Gasteiger partial charge in [0, 0.05) is 6.42 Å². The highest BCUT2D eigenvalue weighted by molar-refractivity contribution is 5.67. The van der Waals surface area contributed by atoms with Crippen molar-refractivity contribution in [1.29, 1.82) is 0 Å². The SMILES string of the molecule is CCCCCCCCCCCCCCC[C@H]1C[C@@H](CC(=O)O)OO1. The second-order valence-electron chi connectivity index (χ2n) is 7.30. The predicted octanol–water partition coefficient (Wildman–Crippen LogP) is 6.03. The summed E-state index contributed by atoms with van der Waals surface area (Å²) in [6.07, 6.45) is 19.3. The molecule has 142 valence electrons. The number of hydrogen-bond acceptors (Lipinski definition) is 3. The summed E-state index contributed by atoms with van der Waals surface area (Å²) in [5, 5.41) is 8.72. The highest BCUT2D eigenvalue weighted by atomic mass is 17.2. The van der Waals surface area contributed by atoms with Gasteiger partial charge in [-0.1, -0.05) is 90.4 Å². The minimum atomic E-state index is -0.815. The molecule has 2 atom stereocenters. The van der Waals surface area contributed by atoms with E-state index >= 15 is 0 Å². The number of hydrogen-bond donors (Lipinski definition) is 1. The molecule has 1 aliphatic heterocycles. The van der Waals surface area contributed by atoms with E-state index in [4.69, 9.17) is 14.9 Å². The van der Waals surface area contributed by atoms with E-state index in [1.165, 1.54) is 77.0 Å². The van der Waals surface area contributed by atoms with Gasteiger partial charge in [0.2, 0.25) is 0 Å². The van der Waals surface area contributed by atoms with Crippen LogP contribution in [0, 0.1) is 0 Å². The van der Waals surface area contributed by atoms with Gasteiger partial charge in [-0.3, -0.25) is 4.79 Å². The van der Waals surface area contributed by atoms with Crippen LogP contribution in [0.2, 0.25) is 0 Å². The Kier molecular flexibility index (Phi) is 13.1. The van der Waals surface area contributed by atoms with Crippen LogP contribution in [-0.2, 0) is 14.6 Å². The van der Waals surface area contributed by atoms with Gasteiger partial charge in [0.25, 0.3) is 0 Å². The number of aliphatic carboxylic acids is 1. The third-order valence-electron chi connectivity index (χ3n) is 4.89. The average Bonchev–Trinajstić information content (AvgIpc) is 2.98. The Morgan fingerprint density at radius 3 is 1.75 bits per heavy atom. The predicted molar refractivity (Wildman–Crippen MR) is 96.9 cm³/mol. The normalized spacial score (nSPS) is 20.5. The van der Waals surface area contributed by atoms with Gasteiger partial charge in [-0.2, -0.15) is 0 Å². The average molecular weight is 343 g/mol. The lowest BCUT2D eigenvalue weighted by atomic mass is 10.0. The summed E-state index contributed by atoms with van der Waals surface area (Å²) in [5.41, 5.74) is 0. The Balaban J connectivity index is 1.77. The molecule has 4 nitrogen and oxygen atoms in total. The van der Waals surface area contributed by atoms with Crippen LogP contribution in [0.5, 0.6) is 0 Å². The maximum atomic E-state index is 10.6. The van der Waals surface area contributed by atoms with Crippen LogP contribution in [0.3, 0.4) is 0 Å². The summed E-state index contributed by atoms with van der Waals surface area (Å²) in [4.78, 5) is 20.9. The molecule has 1 saturated heterocycles. The van der Waals surface area contributed by atoms with Gasteiger partial charge in [-0.15, -0.1) is 0 Å². The lowest BCUT2D eigenvalue weighted by molar-refractivity contribution is -0.297. The third-order valence-corrected chi connectivity index (χ3v) is 4.89. The molecule has 0 bridgehead atoms. The number of carboxylic acids is 1. The number of carbonyl (C=O) groups is 1. The molecule has 0 aromatic rings. The van der Waals surface area contributed by atoms with Gasteiger partial charge < -0.3 is 5.11 Å². The standard InChI is InChI=1S/C20H38O4/c1-2-3-4-5-6-7-8-9-10-11-12-13-14-15-18-16-19(24-23-18)17-20(21)22/h18-19H,2-17H2,1H3,(H,21,22)/t18-,19-/m0/s1. The van der Waals surface area contributed by atoms with Crippen LogP contribution in [0.15, 0.2) is 0 Å². The lowest BCUT2D eigenvalue weighted by Crippen LogP contribution is -2.12.